The second-order valence-corrected chi connectivity index (χ2v) is 6.20. The number of anilines is 1. The lowest BCUT2D eigenvalue weighted by molar-refractivity contribution is -0.114. The highest BCUT2D eigenvalue weighted by Crippen LogP contribution is 2.25. The monoisotopic (exact) mass is 364 g/mol. The molecule has 2 heterocycles. The Morgan fingerprint density at radius 2 is 1.89 bits per heavy atom. The first-order chi connectivity index (χ1) is 12.8. The van der Waals surface area contributed by atoms with Gasteiger partial charge in [-0.3, -0.25) is 15.1 Å². The predicted molar refractivity (Wildman–Crippen MR) is 103 cm³/mol. The van der Waals surface area contributed by atoms with Crippen LogP contribution in [0.25, 0.3) is 28.5 Å². The number of benzene rings is 1. The van der Waals surface area contributed by atoms with Gasteiger partial charge in [0.15, 0.2) is 0 Å². The maximum atomic E-state index is 11.1. The van der Waals surface area contributed by atoms with Gasteiger partial charge in [-0.15, -0.1) is 5.10 Å². The van der Waals surface area contributed by atoms with E-state index in [2.05, 4.69) is 32.1 Å². The Morgan fingerprint density at radius 3 is 2.52 bits per heavy atom. The molecule has 0 bridgehead atoms. The third-order valence-corrected chi connectivity index (χ3v) is 3.92. The van der Waals surface area contributed by atoms with Crippen molar-refractivity contribution >= 4 is 17.6 Å². The summed E-state index contributed by atoms with van der Waals surface area (Å²) in [6, 6.07) is 7.92. The lowest BCUT2D eigenvalue weighted by atomic mass is 10.1. The number of hydrogen-bond acceptors (Lipinski definition) is 7. The fourth-order valence-corrected chi connectivity index (χ4v) is 2.40. The van der Waals surface area contributed by atoms with Gasteiger partial charge in [0.05, 0.1) is 17.6 Å². The van der Waals surface area contributed by atoms with Gasteiger partial charge >= 0.3 is 6.01 Å². The van der Waals surface area contributed by atoms with Crippen LogP contribution in [0.15, 0.2) is 41.5 Å². The Hall–Kier alpha value is -3.55. The molecule has 2 aromatic heterocycles. The van der Waals surface area contributed by atoms with Gasteiger partial charge in [0, 0.05) is 32.3 Å². The molecule has 0 aliphatic rings. The average Bonchev–Trinajstić information content (AvgIpc) is 3.09. The Morgan fingerprint density at radius 1 is 1.19 bits per heavy atom. The summed E-state index contributed by atoms with van der Waals surface area (Å²) in [5.74, 6) is -0.0932. The van der Waals surface area contributed by atoms with Crippen molar-refractivity contribution in [3.63, 3.8) is 0 Å². The smallest absolute Gasteiger partial charge is 0.322 e. The minimum atomic E-state index is -0.291. The van der Waals surface area contributed by atoms with E-state index < -0.39 is 0 Å². The second kappa shape index (κ2) is 7.36. The van der Waals surface area contributed by atoms with Crippen LogP contribution in [0.3, 0.4) is 0 Å². The number of amides is 1. The highest BCUT2D eigenvalue weighted by Gasteiger charge is 2.16. The molecule has 1 aromatic carbocycles. The van der Waals surface area contributed by atoms with Crippen molar-refractivity contribution < 1.29 is 9.21 Å². The minimum absolute atomic E-state index is 0.0238. The Labute approximate surface area is 157 Å². The number of carbonyl (C=O) groups is 1. The fourth-order valence-electron chi connectivity index (χ4n) is 2.40. The SMILES string of the molecule is C=C(c1ccc(-c2cnc(C)c(-c3nnc(NC(C)=O)o3)n2)cc1)N(C)C. The highest BCUT2D eigenvalue weighted by molar-refractivity contribution is 5.86. The number of carbonyl (C=O) groups excluding carboxylic acids is 1. The normalized spacial score (nSPS) is 10.5. The molecule has 0 saturated carbocycles. The molecule has 0 aliphatic heterocycles. The lowest BCUT2D eigenvalue weighted by Gasteiger charge is -2.16. The molecule has 8 heteroatoms. The van der Waals surface area contributed by atoms with Gasteiger partial charge in [-0.25, -0.2) is 4.98 Å². The molecule has 0 spiro atoms. The summed E-state index contributed by atoms with van der Waals surface area (Å²) >= 11 is 0. The summed E-state index contributed by atoms with van der Waals surface area (Å²) in [6.07, 6.45) is 1.69. The minimum Gasteiger partial charge on any atom is -0.401 e. The first kappa shape index (κ1) is 18.2. The molecule has 27 heavy (non-hydrogen) atoms. The summed E-state index contributed by atoms with van der Waals surface area (Å²) in [5, 5.41) is 10.2. The summed E-state index contributed by atoms with van der Waals surface area (Å²) in [7, 11) is 3.90. The third-order valence-electron chi connectivity index (χ3n) is 3.92. The molecule has 1 amide bonds. The van der Waals surface area contributed by atoms with Crippen LogP contribution >= 0.6 is 0 Å². The molecule has 0 saturated heterocycles. The van der Waals surface area contributed by atoms with E-state index >= 15 is 0 Å². The zero-order valence-corrected chi connectivity index (χ0v) is 15.6. The molecule has 0 fully saturated rings. The molecule has 0 unspecified atom stereocenters. The largest absolute Gasteiger partial charge is 0.401 e. The maximum Gasteiger partial charge on any atom is 0.322 e. The molecular formula is C19H20N6O2. The summed E-state index contributed by atoms with van der Waals surface area (Å²) < 4.78 is 5.46. The van der Waals surface area contributed by atoms with Crippen molar-refractivity contribution in [3.8, 4) is 22.8 Å². The van der Waals surface area contributed by atoms with Crippen LogP contribution in [0, 0.1) is 6.92 Å². The summed E-state index contributed by atoms with van der Waals surface area (Å²) in [6.45, 7) is 7.22. The molecule has 0 atom stereocenters. The molecule has 0 aliphatic carbocycles. The number of aromatic nitrogens is 4. The van der Waals surface area contributed by atoms with Crippen LogP contribution in [-0.2, 0) is 4.79 Å². The van der Waals surface area contributed by atoms with E-state index in [9.17, 15) is 4.79 Å². The van der Waals surface area contributed by atoms with E-state index in [-0.39, 0.29) is 17.8 Å². The Bertz CT molecular complexity index is 992. The predicted octanol–water partition coefficient (Wildman–Crippen LogP) is 2.99. The van der Waals surface area contributed by atoms with Crippen LogP contribution in [0.5, 0.6) is 0 Å². The molecule has 0 radical (unpaired) electrons. The standard InChI is InChI=1S/C19H20N6O2/c1-11-17(18-23-24-19(27-18)21-13(3)26)22-16(10-20-11)15-8-6-14(7-9-15)12(2)25(4)5/h6-10H,2H2,1,3-5H3,(H,21,24,26). The van der Waals surface area contributed by atoms with Crippen LogP contribution in [0.4, 0.5) is 6.01 Å². The van der Waals surface area contributed by atoms with Crippen molar-refractivity contribution in [1.82, 2.24) is 25.1 Å². The van der Waals surface area contributed by atoms with Gasteiger partial charge in [0.1, 0.15) is 5.69 Å². The average molecular weight is 364 g/mol. The summed E-state index contributed by atoms with van der Waals surface area (Å²) in [4.78, 5) is 22.1. The number of rotatable bonds is 5. The topological polar surface area (TPSA) is 97.0 Å². The molecule has 8 nitrogen and oxygen atoms in total. The first-order valence-corrected chi connectivity index (χ1v) is 8.27. The van der Waals surface area contributed by atoms with E-state index in [0.717, 1.165) is 16.8 Å². The van der Waals surface area contributed by atoms with E-state index in [1.165, 1.54) is 6.92 Å². The van der Waals surface area contributed by atoms with Gasteiger partial charge in [-0.1, -0.05) is 35.9 Å². The third kappa shape index (κ3) is 4.00. The molecule has 138 valence electrons. The molecule has 1 N–H and O–H groups in total. The van der Waals surface area contributed by atoms with Crippen LogP contribution in [0.2, 0.25) is 0 Å². The summed E-state index contributed by atoms with van der Waals surface area (Å²) in [5.41, 5.74) is 4.65. The number of hydrogen-bond donors (Lipinski definition) is 1. The maximum absolute atomic E-state index is 11.1. The van der Waals surface area contributed by atoms with E-state index in [0.29, 0.717) is 17.1 Å². The number of aryl methyl sites for hydroxylation is 1. The van der Waals surface area contributed by atoms with Gasteiger partial charge in [0.25, 0.3) is 5.89 Å². The fraction of sp³-hybridized carbons (Fsp3) is 0.211. The van der Waals surface area contributed by atoms with Crippen molar-refractivity contribution in [2.24, 2.45) is 0 Å². The van der Waals surface area contributed by atoms with Crippen LogP contribution in [0.1, 0.15) is 18.2 Å². The van der Waals surface area contributed by atoms with Gasteiger partial charge in [-0.05, 0) is 12.5 Å². The van der Waals surface area contributed by atoms with Gasteiger partial charge < -0.3 is 9.32 Å². The Balaban J connectivity index is 1.92. The van der Waals surface area contributed by atoms with Crippen LogP contribution < -0.4 is 5.32 Å². The Kier molecular flexibility index (Phi) is 4.98. The molecular weight excluding hydrogens is 344 g/mol. The van der Waals surface area contributed by atoms with Crippen molar-refractivity contribution in [1.29, 1.82) is 0 Å². The van der Waals surface area contributed by atoms with E-state index in [4.69, 9.17) is 4.42 Å². The number of nitrogens with one attached hydrogen (secondary N) is 1. The lowest BCUT2D eigenvalue weighted by Crippen LogP contribution is -2.08. The van der Waals surface area contributed by atoms with Gasteiger partial charge in [-0.2, -0.15) is 0 Å². The van der Waals surface area contributed by atoms with Crippen molar-refractivity contribution in [2.45, 2.75) is 13.8 Å². The molecule has 3 aromatic rings. The number of nitrogens with zero attached hydrogens (tertiary/aromatic N) is 5. The zero-order chi connectivity index (χ0) is 19.6. The van der Waals surface area contributed by atoms with Crippen LogP contribution in [-0.4, -0.2) is 45.1 Å². The van der Waals surface area contributed by atoms with Gasteiger partial charge in [0.2, 0.25) is 5.91 Å². The quantitative estimate of drug-likeness (QED) is 0.743. The second-order valence-electron chi connectivity index (χ2n) is 6.20. The van der Waals surface area contributed by atoms with E-state index in [1.807, 2.05) is 43.3 Å². The van der Waals surface area contributed by atoms with Crippen molar-refractivity contribution in [2.75, 3.05) is 19.4 Å². The molecule has 3 rings (SSSR count). The zero-order valence-electron chi connectivity index (χ0n) is 15.6. The first-order valence-electron chi connectivity index (χ1n) is 8.27. The highest BCUT2D eigenvalue weighted by atomic mass is 16.4. The van der Waals surface area contributed by atoms with Crippen molar-refractivity contribution in [3.05, 3.63) is 48.3 Å². The van der Waals surface area contributed by atoms with E-state index in [1.54, 1.807) is 13.1 Å².